The summed E-state index contributed by atoms with van der Waals surface area (Å²) < 4.78 is 5.22. The minimum atomic E-state index is -0.527. The predicted molar refractivity (Wildman–Crippen MR) is 87.8 cm³/mol. The van der Waals surface area contributed by atoms with Gasteiger partial charge in [-0.15, -0.1) is 0 Å². The Morgan fingerprint density at radius 3 is 2.29 bits per heavy atom. The van der Waals surface area contributed by atoms with Gasteiger partial charge in [0.05, 0.1) is 0 Å². The lowest BCUT2D eigenvalue weighted by molar-refractivity contribution is 0.0548. The summed E-state index contributed by atoms with van der Waals surface area (Å²) in [6.45, 7) is 5.46. The van der Waals surface area contributed by atoms with Crippen molar-refractivity contribution in [2.75, 3.05) is 0 Å². The lowest BCUT2D eigenvalue weighted by atomic mass is 9.94. The highest BCUT2D eigenvalue weighted by molar-refractivity contribution is 6.23. The van der Waals surface area contributed by atoms with Crippen LogP contribution in [0, 0.1) is 0 Å². The zero-order valence-corrected chi connectivity index (χ0v) is 12.7. The fourth-order valence-electron chi connectivity index (χ4n) is 1.40. The van der Waals surface area contributed by atoms with Crippen LogP contribution < -0.4 is 5.32 Å². The first-order chi connectivity index (χ1) is 9.87. The van der Waals surface area contributed by atoms with Crippen molar-refractivity contribution < 1.29 is 9.53 Å². The Morgan fingerprint density at radius 2 is 1.62 bits per heavy atom. The van der Waals surface area contributed by atoms with Crippen LogP contribution in [0.4, 0.5) is 4.79 Å². The van der Waals surface area contributed by atoms with E-state index in [4.69, 9.17) is 12.6 Å². The zero-order chi connectivity index (χ0) is 15.7. The minimum Gasteiger partial charge on any atom is -0.444 e. The van der Waals surface area contributed by atoms with Gasteiger partial charge in [0.15, 0.2) is 0 Å². The average molecular weight is 281 g/mol. The normalized spacial score (nSPS) is 22.6. The Labute approximate surface area is 127 Å². The van der Waals surface area contributed by atoms with Crippen LogP contribution in [-0.2, 0) is 4.74 Å². The molecule has 0 fully saturated rings. The van der Waals surface area contributed by atoms with Crippen molar-refractivity contribution in [1.82, 2.24) is 5.32 Å². The maximum Gasteiger partial charge on any atom is 0.412 e. The summed E-state index contributed by atoms with van der Waals surface area (Å²) in [5, 5.41) is 2.70. The molecule has 1 amide bonds. The Kier molecular flexibility index (Phi) is 6.53. The number of allylic oxidation sites excluding steroid dienone is 11. The predicted octanol–water partition coefficient (Wildman–Crippen LogP) is 3.69. The number of rotatable bonds is 1. The molecule has 2 radical (unpaired) electrons. The van der Waals surface area contributed by atoms with Crippen LogP contribution in [0.3, 0.4) is 0 Å². The summed E-state index contributed by atoms with van der Waals surface area (Å²) in [6.07, 6.45) is 17.6. The number of alkyl carbamates (subject to hydrolysis) is 1. The molecule has 0 atom stereocenters. The first-order valence-electron chi connectivity index (χ1n) is 6.72. The van der Waals surface area contributed by atoms with Crippen molar-refractivity contribution in [3.63, 3.8) is 0 Å². The van der Waals surface area contributed by atoms with Crippen LogP contribution in [0.5, 0.6) is 0 Å². The molecule has 0 heterocycles. The van der Waals surface area contributed by atoms with E-state index in [1.54, 1.807) is 24.3 Å². The molecule has 1 aliphatic carbocycles. The van der Waals surface area contributed by atoms with Gasteiger partial charge in [-0.2, -0.15) is 0 Å². The van der Waals surface area contributed by atoms with Crippen LogP contribution in [0.2, 0.25) is 0 Å². The third kappa shape index (κ3) is 8.53. The topological polar surface area (TPSA) is 38.3 Å². The number of ether oxygens (including phenoxy) is 1. The van der Waals surface area contributed by atoms with E-state index >= 15 is 0 Å². The van der Waals surface area contributed by atoms with Gasteiger partial charge in [0.1, 0.15) is 13.4 Å². The third-order valence-corrected chi connectivity index (χ3v) is 2.22. The SMILES string of the molecule is [B]C1=C\C=C/C=C\C(NC(=O)OC(C)(C)C)=C/C=C\C=C1. The summed E-state index contributed by atoms with van der Waals surface area (Å²) >= 11 is 0. The lowest BCUT2D eigenvalue weighted by Crippen LogP contribution is -2.31. The molecule has 0 aromatic heterocycles. The summed E-state index contributed by atoms with van der Waals surface area (Å²) in [6, 6.07) is 0. The highest BCUT2D eigenvalue weighted by atomic mass is 16.6. The van der Waals surface area contributed by atoms with Gasteiger partial charge in [-0.25, -0.2) is 4.79 Å². The van der Waals surface area contributed by atoms with Crippen LogP contribution in [0.15, 0.2) is 71.9 Å². The van der Waals surface area contributed by atoms with E-state index in [1.165, 1.54) is 0 Å². The summed E-state index contributed by atoms with van der Waals surface area (Å²) in [4.78, 5) is 11.8. The molecule has 0 bridgehead atoms. The Hall–Kier alpha value is -2.23. The van der Waals surface area contributed by atoms with Crippen molar-refractivity contribution in [2.24, 2.45) is 0 Å². The van der Waals surface area contributed by atoms with E-state index < -0.39 is 11.7 Å². The molecular formula is C17H20BNO2. The average Bonchev–Trinajstić information content (AvgIpc) is 2.33. The van der Waals surface area contributed by atoms with Gasteiger partial charge in [0.2, 0.25) is 0 Å². The lowest BCUT2D eigenvalue weighted by Gasteiger charge is -2.19. The quantitative estimate of drug-likeness (QED) is 0.744. The fraction of sp³-hybridized carbons (Fsp3) is 0.235. The molecule has 3 nitrogen and oxygen atoms in total. The molecule has 0 saturated heterocycles. The number of carbonyl (C=O) groups excluding carboxylic acids is 1. The Morgan fingerprint density at radius 1 is 1.00 bits per heavy atom. The molecule has 0 aromatic carbocycles. The number of carbonyl (C=O) groups is 1. The van der Waals surface area contributed by atoms with Crippen molar-refractivity contribution in [1.29, 1.82) is 0 Å². The van der Waals surface area contributed by atoms with Gasteiger partial charge >= 0.3 is 6.09 Å². The smallest absolute Gasteiger partial charge is 0.412 e. The first kappa shape index (κ1) is 16.8. The maximum atomic E-state index is 11.8. The maximum absolute atomic E-state index is 11.8. The van der Waals surface area contributed by atoms with E-state index in [-0.39, 0.29) is 0 Å². The van der Waals surface area contributed by atoms with Gasteiger partial charge in [0, 0.05) is 5.70 Å². The number of amides is 1. The molecular weight excluding hydrogens is 261 g/mol. The van der Waals surface area contributed by atoms with Crippen LogP contribution in [0.1, 0.15) is 20.8 Å². The number of hydrogen-bond donors (Lipinski definition) is 1. The molecule has 0 aliphatic heterocycles. The summed E-state index contributed by atoms with van der Waals surface area (Å²) in [5.41, 5.74) is 0.776. The van der Waals surface area contributed by atoms with Crippen molar-refractivity contribution >= 4 is 13.9 Å². The second kappa shape index (κ2) is 8.15. The van der Waals surface area contributed by atoms with Crippen LogP contribution in [-0.4, -0.2) is 19.5 Å². The van der Waals surface area contributed by atoms with Crippen molar-refractivity contribution in [3.05, 3.63) is 71.9 Å². The molecule has 1 rings (SSSR count). The number of hydrogen-bond acceptors (Lipinski definition) is 2. The molecule has 0 saturated carbocycles. The van der Waals surface area contributed by atoms with Crippen molar-refractivity contribution in [3.8, 4) is 0 Å². The van der Waals surface area contributed by atoms with E-state index in [1.807, 2.05) is 57.2 Å². The van der Waals surface area contributed by atoms with E-state index in [9.17, 15) is 4.79 Å². The third-order valence-electron chi connectivity index (χ3n) is 2.22. The molecule has 1 N–H and O–H groups in total. The standard InChI is InChI=1S/C17H20BNO2/c1-17(2,3)21-16(20)19-15-12-8-4-6-10-14(18)11-7-5-9-13-15/h4-13H,1-3H3,(H,19,20)/b6-4-,7-5?,8-4?,9-5-,10-6?,11-7?,12-8-,13-9?,14-10?,14-11?,15-12?,15-13+. The van der Waals surface area contributed by atoms with Crippen molar-refractivity contribution in [2.45, 2.75) is 26.4 Å². The van der Waals surface area contributed by atoms with Gasteiger partial charge in [-0.1, -0.05) is 54.1 Å². The Bertz CT molecular complexity index is 544. The van der Waals surface area contributed by atoms with Gasteiger partial charge in [-0.3, -0.25) is 5.32 Å². The summed E-state index contributed by atoms with van der Waals surface area (Å²) in [5.74, 6) is 0. The molecule has 4 heteroatoms. The van der Waals surface area contributed by atoms with E-state index in [2.05, 4.69) is 5.32 Å². The fourth-order valence-corrected chi connectivity index (χ4v) is 1.40. The first-order valence-corrected chi connectivity index (χ1v) is 6.72. The van der Waals surface area contributed by atoms with E-state index in [0.29, 0.717) is 11.2 Å². The second-order valence-corrected chi connectivity index (χ2v) is 5.40. The summed E-state index contributed by atoms with van der Waals surface area (Å²) in [7, 11) is 5.74. The molecule has 0 spiro atoms. The molecule has 0 unspecified atom stereocenters. The van der Waals surface area contributed by atoms with Gasteiger partial charge < -0.3 is 4.74 Å². The monoisotopic (exact) mass is 281 g/mol. The minimum absolute atomic E-state index is 0.484. The van der Waals surface area contributed by atoms with Gasteiger partial charge in [0.25, 0.3) is 0 Å². The van der Waals surface area contributed by atoms with Gasteiger partial charge in [-0.05, 0) is 32.9 Å². The van der Waals surface area contributed by atoms with Crippen LogP contribution in [0.25, 0.3) is 0 Å². The molecule has 21 heavy (non-hydrogen) atoms. The molecule has 1 aliphatic rings. The second-order valence-electron chi connectivity index (χ2n) is 5.40. The molecule has 108 valence electrons. The Balaban J connectivity index is 2.81. The number of nitrogens with one attached hydrogen (secondary N) is 1. The van der Waals surface area contributed by atoms with Crippen LogP contribution >= 0.6 is 0 Å². The highest BCUT2D eigenvalue weighted by Gasteiger charge is 2.16. The highest BCUT2D eigenvalue weighted by Crippen LogP contribution is 2.07. The largest absolute Gasteiger partial charge is 0.444 e. The van der Waals surface area contributed by atoms with E-state index in [0.717, 1.165) is 0 Å². The molecule has 0 aromatic rings. The zero-order valence-electron chi connectivity index (χ0n) is 12.7.